The molecule has 0 saturated carbocycles. The molecule has 3 aromatic rings. The molecule has 3 heterocycles. The van der Waals surface area contributed by atoms with Crippen LogP contribution < -0.4 is 4.74 Å². The molecule has 0 saturated heterocycles. The monoisotopic (exact) mass is 335 g/mol. The fraction of sp³-hybridized carbons (Fsp3) is 0.300. The van der Waals surface area contributed by atoms with E-state index in [1.807, 2.05) is 30.9 Å². The highest BCUT2D eigenvalue weighted by molar-refractivity contribution is 5.93. The zero-order valence-electron chi connectivity index (χ0n) is 14.5. The molecule has 0 bridgehead atoms. The third kappa shape index (κ3) is 2.97. The Morgan fingerprint density at radius 2 is 2.04 bits per heavy atom. The van der Waals surface area contributed by atoms with Crippen molar-refractivity contribution in [3.63, 3.8) is 0 Å². The molecule has 1 aromatic carbocycles. The minimum Gasteiger partial charge on any atom is -0.475 e. The van der Waals surface area contributed by atoms with Gasteiger partial charge in [0, 0.05) is 29.2 Å². The molecule has 0 fully saturated rings. The van der Waals surface area contributed by atoms with Crippen molar-refractivity contribution >= 4 is 16.8 Å². The molecule has 0 unspecified atom stereocenters. The first-order valence-corrected chi connectivity index (χ1v) is 8.63. The fourth-order valence-corrected chi connectivity index (χ4v) is 3.37. The van der Waals surface area contributed by atoms with Crippen molar-refractivity contribution in [1.29, 1.82) is 0 Å². The van der Waals surface area contributed by atoms with Crippen LogP contribution in [0.4, 0.5) is 0 Å². The van der Waals surface area contributed by atoms with E-state index in [-0.39, 0.29) is 12.0 Å². The molecule has 1 aliphatic heterocycles. The molecule has 0 aliphatic carbocycles. The summed E-state index contributed by atoms with van der Waals surface area (Å²) in [7, 11) is 0. The van der Waals surface area contributed by atoms with Crippen LogP contribution in [0.15, 0.2) is 42.5 Å². The Morgan fingerprint density at radius 1 is 1.20 bits per heavy atom. The Hall–Kier alpha value is -2.82. The number of nitrogens with zero attached hydrogens (tertiary/aromatic N) is 2. The van der Waals surface area contributed by atoms with E-state index < -0.39 is 0 Å². The number of aromatic nitrogens is 2. The molecule has 5 heteroatoms. The predicted molar refractivity (Wildman–Crippen MR) is 96.7 cm³/mol. The number of hydrogen-bond acceptors (Lipinski definition) is 3. The van der Waals surface area contributed by atoms with Gasteiger partial charge in [-0.15, -0.1) is 0 Å². The van der Waals surface area contributed by atoms with Gasteiger partial charge in [-0.1, -0.05) is 24.3 Å². The summed E-state index contributed by atoms with van der Waals surface area (Å²) in [6, 6.07) is 13.6. The summed E-state index contributed by atoms with van der Waals surface area (Å²) < 4.78 is 5.60. The zero-order chi connectivity index (χ0) is 17.4. The molecular formula is C20H21N3O2. The van der Waals surface area contributed by atoms with E-state index in [2.05, 4.69) is 28.2 Å². The maximum atomic E-state index is 12.9. The Bertz CT molecular complexity index is 930. The van der Waals surface area contributed by atoms with Crippen LogP contribution in [0, 0.1) is 0 Å². The van der Waals surface area contributed by atoms with Crippen LogP contribution in [0.5, 0.6) is 5.88 Å². The van der Waals surface area contributed by atoms with Crippen LogP contribution in [-0.4, -0.2) is 33.4 Å². The van der Waals surface area contributed by atoms with Crippen LogP contribution in [0.2, 0.25) is 0 Å². The van der Waals surface area contributed by atoms with Crippen molar-refractivity contribution < 1.29 is 9.53 Å². The first-order valence-electron chi connectivity index (χ1n) is 8.63. The Kier molecular flexibility index (Phi) is 3.92. The van der Waals surface area contributed by atoms with Crippen LogP contribution in [0.1, 0.15) is 35.6 Å². The molecule has 4 rings (SSSR count). The molecule has 1 amide bonds. The summed E-state index contributed by atoms with van der Waals surface area (Å²) in [5.74, 6) is 0.433. The Labute approximate surface area is 146 Å². The number of benzene rings is 1. The highest BCUT2D eigenvalue weighted by Crippen LogP contribution is 2.28. The van der Waals surface area contributed by atoms with Crippen molar-refractivity contribution in [1.82, 2.24) is 14.9 Å². The second-order valence-electron chi connectivity index (χ2n) is 6.63. The average molecular weight is 335 g/mol. The van der Waals surface area contributed by atoms with Gasteiger partial charge in [-0.2, -0.15) is 0 Å². The first-order chi connectivity index (χ1) is 12.1. The Balaban J connectivity index is 1.58. The predicted octanol–water partition coefficient (Wildman–Crippen LogP) is 3.55. The van der Waals surface area contributed by atoms with Gasteiger partial charge in [0.25, 0.3) is 5.91 Å². The van der Waals surface area contributed by atoms with Crippen molar-refractivity contribution in [2.24, 2.45) is 0 Å². The summed E-state index contributed by atoms with van der Waals surface area (Å²) >= 11 is 0. The number of carbonyl (C=O) groups is 1. The van der Waals surface area contributed by atoms with E-state index in [1.165, 1.54) is 10.9 Å². The minimum atomic E-state index is -0.0569. The lowest BCUT2D eigenvalue weighted by Crippen LogP contribution is -2.36. The fourth-order valence-electron chi connectivity index (χ4n) is 3.37. The smallest absolute Gasteiger partial charge is 0.272 e. The summed E-state index contributed by atoms with van der Waals surface area (Å²) in [4.78, 5) is 22.5. The SMILES string of the molecule is CC(C)Oc1cccc(C(=O)N2CCc3c([nH]c4ccccc34)C2)n1. The lowest BCUT2D eigenvalue weighted by Gasteiger charge is -2.27. The maximum absolute atomic E-state index is 12.9. The van der Waals surface area contributed by atoms with Gasteiger partial charge in [0.2, 0.25) is 5.88 Å². The molecule has 0 spiro atoms. The average Bonchev–Trinajstić information content (AvgIpc) is 2.98. The summed E-state index contributed by atoms with van der Waals surface area (Å²) in [5, 5.41) is 1.26. The van der Waals surface area contributed by atoms with E-state index >= 15 is 0 Å². The number of para-hydroxylation sites is 1. The normalized spacial score (nSPS) is 14.0. The third-order valence-electron chi connectivity index (χ3n) is 4.47. The van der Waals surface area contributed by atoms with E-state index in [4.69, 9.17) is 4.74 Å². The number of amides is 1. The number of aromatic amines is 1. The number of ether oxygens (including phenoxy) is 1. The number of hydrogen-bond donors (Lipinski definition) is 1. The third-order valence-corrected chi connectivity index (χ3v) is 4.47. The van der Waals surface area contributed by atoms with Crippen molar-refractivity contribution in [3.05, 3.63) is 59.4 Å². The van der Waals surface area contributed by atoms with Gasteiger partial charge < -0.3 is 14.6 Å². The zero-order valence-corrected chi connectivity index (χ0v) is 14.5. The van der Waals surface area contributed by atoms with Crippen LogP contribution in [0.25, 0.3) is 10.9 Å². The largest absolute Gasteiger partial charge is 0.475 e. The standard InChI is InChI=1S/C20H21N3O2/c1-13(2)25-19-9-5-8-17(22-19)20(24)23-11-10-15-14-6-3-4-7-16(14)21-18(15)12-23/h3-9,13,21H,10-12H2,1-2H3. The number of pyridine rings is 1. The number of carbonyl (C=O) groups excluding carboxylic acids is 1. The highest BCUT2D eigenvalue weighted by atomic mass is 16.5. The topological polar surface area (TPSA) is 58.2 Å². The Morgan fingerprint density at radius 3 is 2.88 bits per heavy atom. The van der Waals surface area contributed by atoms with Gasteiger partial charge >= 0.3 is 0 Å². The van der Waals surface area contributed by atoms with Gasteiger partial charge in [0.05, 0.1) is 12.6 Å². The number of fused-ring (bicyclic) bond motifs is 3. The molecule has 1 aliphatic rings. The molecule has 0 radical (unpaired) electrons. The minimum absolute atomic E-state index is 0.0294. The van der Waals surface area contributed by atoms with Gasteiger partial charge in [0.1, 0.15) is 5.69 Å². The molecule has 2 aromatic heterocycles. The van der Waals surface area contributed by atoms with Gasteiger partial charge in [-0.3, -0.25) is 4.79 Å². The van der Waals surface area contributed by atoms with Gasteiger partial charge in [-0.25, -0.2) is 4.98 Å². The summed E-state index contributed by atoms with van der Waals surface area (Å²) in [6.45, 7) is 5.17. The van der Waals surface area contributed by atoms with Crippen LogP contribution >= 0.6 is 0 Å². The van der Waals surface area contributed by atoms with E-state index in [0.29, 0.717) is 24.7 Å². The number of H-pyrrole nitrogens is 1. The van der Waals surface area contributed by atoms with Crippen LogP contribution in [-0.2, 0) is 13.0 Å². The first kappa shape index (κ1) is 15.7. The highest BCUT2D eigenvalue weighted by Gasteiger charge is 2.25. The summed E-state index contributed by atoms with van der Waals surface area (Å²) in [5.41, 5.74) is 4.00. The van der Waals surface area contributed by atoms with E-state index in [9.17, 15) is 4.79 Å². The molecule has 5 nitrogen and oxygen atoms in total. The van der Waals surface area contributed by atoms with Crippen LogP contribution in [0.3, 0.4) is 0 Å². The van der Waals surface area contributed by atoms with Crippen molar-refractivity contribution in [2.45, 2.75) is 32.9 Å². The van der Waals surface area contributed by atoms with Gasteiger partial charge in [-0.05, 0) is 38.0 Å². The van der Waals surface area contributed by atoms with Gasteiger partial charge in [0.15, 0.2) is 0 Å². The molecule has 25 heavy (non-hydrogen) atoms. The van der Waals surface area contributed by atoms with E-state index in [0.717, 1.165) is 17.6 Å². The molecular weight excluding hydrogens is 314 g/mol. The number of nitrogens with one attached hydrogen (secondary N) is 1. The van der Waals surface area contributed by atoms with Crippen molar-refractivity contribution in [2.75, 3.05) is 6.54 Å². The van der Waals surface area contributed by atoms with E-state index in [1.54, 1.807) is 12.1 Å². The molecule has 1 N–H and O–H groups in total. The molecule has 128 valence electrons. The summed E-state index contributed by atoms with van der Waals surface area (Å²) in [6.07, 6.45) is 0.884. The second-order valence-corrected chi connectivity index (χ2v) is 6.63. The maximum Gasteiger partial charge on any atom is 0.272 e. The molecule has 0 atom stereocenters. The second kappa shape index (κ2) is 6.24. The lowest BCUT2D eigenvalue weighted by molar-refractivity contribution is 0.0725. The lowest BCUT2D eigenvalue weighted by atomic mass is 10.0. The quantitative estimate of drug-likeness (QED) is 0.796. The number of rotatable bonds is 3. The van der Waals surface area contributed by atoms with Crippen molar-refractivity contribution in [3.8, 4) is 5.88 Å².